The summed E-state index contributed by atoms with van der Waals surface area (Å²) >= 11 is 0. The van der Waals surface area contributed by atoms with Crippen LogP contribution < -0.4 is 0 Å². The molecule has 0 saturated heterocycles. The van der Waals surface area contributed by atoms with Gasteiger partial charge in [-0.2, -0.15) is 0 Å². The number of nitrogens with zero attached hydrogens (tertiary/aromatic N) is 2. The Labute approximate surface area is 126 Å². The Balaban J connectivity index is 0.000000374. The maximum atomic E-state index is 4.58. The molecule has 0 unspecified atom stereocenters. The van der Waals surface area contributed by atoms with E-state index in [-0.39, 0.29) is 0 Å². The minimum Gasteiger partial charge on any atom is -0.254 e. The van der Waals surface area contributed by atoms with Gasteiger partial charge in [-0.25, -0.2) is 0 Å². The van der Waals surface area contributed by atoms with Gasteiger partial charge in [-0.15, -0.1) is 0 Å². The first-order valence-corrected chi connectivity index (χ1v) is 7.75. The summed E-state index contributed by atoms with van der Waals surface area (Å²) in [6.07, 6.45) is 9.18. The standard InChI is InChI=1S/C15H10N2.2C2H6/c1-3-11-9-17-15-13(12(11)5-1)7-6-10-4-2-8-16-14(10)15;2*1-2/h1-2,4-9H,3H2;2*1-2H3. The molecule has 2 heteroatoms. The first-order valence-electron chi connectivity index (χ1n) is 7.75. The van der Waals surface area contributed by atoms with E-state index in [4.69, 9.17) is 0 Å². The van der Waals surface area contributed by atoms with E-state index in [0.717, 1.165) is 22.8 Å². The molecule has 4 rings (SSSR count). The number of aromatic nitrogens is 2. The number of hydrogen-bond donors (Lipinski definition) is 0. The van der Waals surface area contributed by atoms with Crippen LogP contribution in [0.1, 0.15) is 38.8 Å². The fraction of sp³-hybridized carbons (Fsp3) is 0.263. The monoisotopic (exact) mass is 278 g/mol. The quantitative estimate of drug-likeness (QED) is 0.514. The van der Waals surface area contributed by atoms with Crippen molar-refractivity contribution >= 4 is 27.9 Å². The van der Waals surface area contributed by atoms with E-state index >= 15 is 0 Å². The summed E-state index contributed by atoms with van der Waals surface area (Å²) in [6, 6.07) is 8.31. The van der Waals surface area contributed by atoms with Crippen molar-refractivity contribution in [2.24, 2.45) is 0 Å². The molecule has 1 aromatic carbocycles. The highest BCUT2D eigenvalue weighted by atomic mass is 14.7. The molecule has 0 radical (unpaired) electrons. The van der Waals surface area contributed by atoms with Gasteiger partial charge in [-0.3, -0.25) is 9.97 Å². The summed E-state index contributed by atoms with van der Waals surface area (Å²) < 4.78 is 0. The molecule has 0 atom stereocenters. The van der Waals surface area contributed by atoms with Gasteiger partial charge in [0.15, 0.2) is 0 Å². The minimum atomic E-state index is 0.994. The van der Waals surface area contributed by atoms with Crippen molar-refractivity contribution in [3.63, 3.8) is 0 Å². The largest absolute Gasteiger partial charge is 0.254 e. The Hall–Kier alpha value is -2.22. The van der Waals surface area contributed by atoms with Gasteiger partial charge in [0, 0.05) is 23.2 Å². The van der Waals surface area contributed by atoms with E-state index in [0.29, 0.717) is 0 Å². The highest BCUT2D eigenvalue weighted by Crippen LogP contribution is 2.30. The Kier molecular flexibility index (Phi) is 5.04. The van der Waals surface area contributed by atoms with Crippen LogP contribution in [0.25, 0.3) is 27.9 Å². The third-order valence-electron chi connectivity index (χ3n) is 3.36. The van der Waals surface area contributed by atoms with Crippen LogP contribution in [0.3, 0.4) is 0 Å². The van der Waals surface area contributed by atoms with E-state index in [1.807, 2.05) is 46.2 Å². The summed E-state index contributed by atoms with van der Waals surface area (Å²) in [7, 11) is 0. The van der Waals surface area contributed by atoms with E-state index in [2.05, 4.69) is 40.3 Å². The maximum absolute atomic E-state index is 4.58. The lowest BCUT2D eigenvalue weighted by molar-refractivity contribution is 1.25. The normalized spacial score (nSPS) is 11.4. The third kappa shape index (κ3) is 2.66. The zero-order valence-electron chi connectivity index (χ0n) is 13.2. The van der Waals surface area contributed by atoms with E-state index in [1.165, 1.54) is 16.5 Å². The second-order valence-corrected chi connectivity index (χ2v) is 4.34. The SMILES string of the molecule is C1=Cc2c(cnc3c2ccc2cccnc23)C1.CC.CC. The van der Waals surface area contributed by atoms with Gasteiger partial charge in [0.05, 0.1) is 11.0 Å². The molecule has 0 fully saturated rings. The molecule has 3 aromatic rings. The molecule has 2 nitrogen and oxygen atoms in total. The lowest BCUT2D eigenvalue weighted by atomic mass is 10.0. The van der Waals surface area contributed by atoms with Crippen LogP contribution in [0.5, 0.6) is 0 Å². The van der Waals surface area contributed by atoms with Crippen LogP contribution in [0.15, 0.2) is 42.7 Å². The minimum absolute atomic E-state index is 0.994. The van der Waals surface area contributed by atoms with Crippen molar-refractivity contribution < 1.29 is 0 Å². The molecule has 0 bridgehead atoms. The first-order chi connectivity index (χ1) is 10.4. The molecule has 0 aliphatic heterocycles. The molecule has 108 valence electrons. The van der Waals surface area contributed by atoms with Gasteiger partial charge in [0.1, 0.15) is 0 Å². The Morgan fingerprint density at radius 2 is 1.71 bits per heavy atom. The van der Waals surface area contributed by atoms with E-state index in [1.54, 1.807) is 0 Å². The van der Waals surface area contributed by atoms with Crippen LogP contribution in [0, 0.1) is 0 Å². The highest BCUT2D eigenvalue weighted by Gasteiger charge is 2.11. The maximum Gasteiger partial charge on any atom is 0.0970 e. The van der Waals surface area contributed by atoms with Crippen molar-refractivity contribution in [2.75, 3.05) is 0 Å². The number of benzene rings is 1. The van der Waals surface area contributed by atoms with Crippen LogP contribution in [-0.2, 0) is 6.42 Å². The van der Waals surface area contributed by atoms with Gasteiger partial charge in [-0.1, -0.05) is 58.0 Å². The van der Waals surface area contributed by atoms with Gasteiger partial charge >= 0.3 is 0 Å². The molecule has 1 aliphatic rings. The van der Waals surface area contributed by atoms with Gasteiger partial charge in [-0.05, 0) is 23.6 Å². The third-order valence-corrected chi connectivity index (χ3v) is 3.36. The fourth-order valence-electron chi connectivity index (χ4n) is 2.53. The fourth-order valence-corrected chi connectivity index (χ4v) is 2.53. The van der Waals surface area contributed by atoms with E-state index < -0.39 is 0 Å². The summed E-state index contributed by atoms with van der Waals surface area (Å²) in [5, 5.41) is 2.36. The number of rotatable bonds is 0. The Morgan fingerprint density at radius 3 is 2.52 bits per heavy atom. The van der Waals surface area contributed by atoms with E-state index in [9.17, 15) is 0 Å². The van der Waals surface area contributed by atoms with Crippen LogP contribution >= 0.6 is 0 Å². The molecule has 21 heavy (non-hydrogen) atoms. The number of allylic oxidation sites excluding steroid dienone is 1. The molecular weight excluding hydrogens is 256 g/mol. The van der Waals surface area contributed by atoms with Crippen molar-refractivity contribution in [2.45, 2.75) is 34.1 Å². The second-order valence-electron chi connectivity index (χ2n) is 4.34. The zero-order chi connectivity index (χ0) is 15.2. The average Bonchev–Trinajstić information content (AvgIpc) is 3.07. The Morgan fingerprint density at radius 1 is 0.905 bits per heavy atom. The summed E-state index contributed by atoms with van der Waals surface area (Å²) in [5.41, 5.74) is 4.62. The first kappa shape index (κ1) is 15.2. The van der Waals surface area contributed by atoms with Gasteiger partial charge in [0.25, 0.3) is 0 Å². The van der Waals surface area contributed by atoms with Crippen molar-refractivity contribution in [3.05, 3.63) is 53.9 Å². The molecule has 0 spiro atoms. The van der Waals surface area contributed by atoms with Crippen LogP contribution in [0.2, 0.25) is 0 Å². The topological polar surface area (TPSA) is 25.8 Å². The molecule has 2 heterocycles. The summed E-state index contributed by atoms with van der Waals surface area (Å²) in [4.78, 5) is 9.03. The molecule has 2 aromatic heterocycles. The zero-order valence-corrected chi connectivity index (χ0v) is 13.2. The van der Waals surface area contributed by atoms with Gasteiger partial charge in [0.2, 0.25) is 0 Å². The molecule has 0 saturated carbocycles. The molecule has 1 aliphatic carbocycles. The summed E-state index contributed by atoms with van der Waals surface area (Å²) in [6.45, 7) is 8.00. The van der Waals surface area contributed by atoms with Crippen molar-refractivity contribution in [3.8, 4) is 0 Å². The van der Waals surface area contributed by atoms with Crippen molar-refractivity contribution in [1.29, 1.82) is 0 Å². The average molecular weight is 278 g/mol. The number of hydrogen-bond acceptors (Lipinski definition) is 2. The molecule has 0 N–H and O–H groups in total. The smallest absolute Gasteiger partial charge is 0.0970 e. The number of pyridine rings is 2. The predicted molar refractivity (Wildman–Crippen MR) is 92.5 cm³/mol. The lowest BCUT2D eigenvalue weighted by Gasteiger charge is -2.06. The predicted octanol–water partition coefficient (Wildman–Crippen LogP) is 5.40. The summed E-state index contributed by atoms with van der Waals surface area (Å²) in [5.74, 6) is 0. The highest BCUT2D eigenvalue weighted by molar-refractivity contribution is 6.06. The van der Waals surface area contributed by atoms with Gasteiger partial charge < -0.3 is 0 Å². The lowest BCUT2D eigenvalue weighted by Crippen LogP contribution is -1.90. The Bertz CT molecular complexity index is 773. The van der Waals surface area contributed by atoms with Crippen LogP contribution in [-0.4, -0.2) is 9.97 Å². The van der Waals surface area contributed by atoms with Crippen LogP contribution in [0.4, 0.5) is 0 Å². The number of fused-ring (bicyclic) bond motifs is 5. The second kappa shape index (κ2) is 6.98. The molecular formula is C19H22N2. The van der Waals surface area contributed by atoms with Crippen molar-refractivity contribution in [1.82, 2.24) is 9.97 Å². The molecule has 0 amide bonds.